The zero-order chi connectivity index (χ0) is 18.1. The van der Waals surface area contributed by atoms with E-state index in [1.54, 1.807) is 0 Å². The minimum atomic E-state index is -0.0733. The second kappa shape index (κ2) is 7.07. The van der Waals surface area contributed by atoms with Crippen molar-refractivity contribution in [3.05, 3.63) is 41.5 Å². The van der Waals surface area contributed by atoms with E-state index in [1.807, 2.05) is 38.1 Å². The van der Waals surface area contributed by atoms with E-state index in [2.05, 4.69) is 25.3 Å². The van der Waals surface area contributed by atoms with Gasteiger partial charge in [-0.1, -0.05) is 18.2 Å². The van der Waals surface area contributed by atoms with Gasteiger partial charge in [0.1, 0.15) is 5.82 Å². The molecule has 6 nitrogen and oxygen atoms in total. The van der Waals surface area contributed by atoms with Gasteiger partial charge in [0.15, 0.2) is 5.16 Å². The zero-order valence-corrected chi connectivity index (χ0v) is 15.7. The third-order valence-corrected chi connectivity index (χ3v) is 5.42. The summed E-state index contributed by atoms with van der Waals surface area (Å²) in [6.07, 6.45) is 3.70. The lowest BCUT2D eigenvalue weighted by atomic mass is 9.85. The molecule has 0 saturated heterocycles. The van der Waals surface area contributed by atoms with Crippen molar-refractivity contribution in [1.29, 1.82) is 0 Å². The number of aromatic amines is 1. The molecule has 0 aliphatic heterocycles. The van der Waals surface area contributed by atoms with Crippen LogP contribution in [0, 0.1) is 13.8 Å². The minimum Gasteiger partial charge on any atom is -0.342 e. The zero-order valence-electron chi connectivity index (χ0n) is 14.9. The van der Waals surface area contributed by atoms with E-state index < -0.39 is 0 Å². The van der Waals surface area contributed by atoms with Gasteiger partial charge in [0.25, 0.3) is 0 Å². The normalized spacial score (nSPS) is 14.4. The largest absolute Gasteiger partial charge is 0.342 e. The molecule has 26 heavy (non-hydrogen) atoms. The third-order valence-electron chi connectivity index (χ3n) is 4.57. The Balaban J connectivity index is 1.40. The van der Waals surface area contributed by atoms with Crippen molar-refractivity contribution in [2.75, 3.05) is 11.1 Å². The Hall–Kier alpha value is -2.41. The number of fused-ring (bicyclic) bond motifs is 1. The third kappa shape index (κ3) is 3.72. The maximum atomic E-state index is 12.2. The Bertz CT molecular complexity index is 943. The van der Waals surface area contributed by atoms with Crippen molar-refractivity contribution in [2.24, 2.45) is 0 Å². The van der Waals surface area contributed by atoms with E-state index in [4.69, 9.17) is 0 Å². The maximum Gasteiger partial charge on any atom is 0.234 e. The monoisotopic (exact) mass is 367 g/mol. The molecule has 3 aromatic rings. The molecule has 4 rings (SSSR count). The lowest BCUT2D eigenvalue weighted by molar-refractivity contribution is -0.113. The number of hydrogen-bond donors (Lipinski definition) is 2. The highest BCUT2D eigenvalue weighted by atomic mass is 32.2. The Morgan fingerprint density at radius 3 is 2.65 bits per heavy atom. The summed E-state index contributed by atoms with van der Waals surface area (Å²) in [5, 5.41) is 3.57. The second-order valence-electron chi connectivity index (χ2n) is 6.75. The van der Waals surface area contributed by atoms with Crippen molar-refractivity contribution in [3.8, 4) is 0 Å². The predicted molar refractivity (Wildman–Crippen MR) is 104 cm³/mol. The number of imidazole rings is 1. The van der Waals surface area contributed by atoms with Gasteiger partial charge >= 0.3 is 0 Å². The fourth-order valence-corrected chi connectivity index (χ4v) is 3.82. The summed E-state index contributed by atoms with van der Waals surface area (Å²) >= 11 is 1.34. The summed E-state index contributed by atoms with van der Waals surface area (Å²) in [7, 11) is 0. The molecule has 0 atom stereocenters. The minimum absolute atomic E-state index is 0.0733. The van der Waals surface area contributed by atoms with Crippen molar-refractivity contribution in [1.82, 2.24) is 19.9 Å². The summed E-state index contributed by atoms with van der Waals surface area (Å²) in [4.78, 5) is 29.0. The maximum absolute atomic E-state index is 12.2. The molecule has 2 N–H and O–H groups in total. The highest BCUT2D eigenvalue weighted by Crippen LogP contribution is 2.35. The van der Waals surface area contributed by atoms with Crippen molar-refractivity contribution < 1.29 is 4.79 Å². The van der Waals surface area contributed by atoms with Crippen LogP contribution in [0.3, 0.4) is 0 Å². The van der Waals surface area contributed by atoms with E-state index in [0.717, 1.165) is 33.9 Å². The van der Waals surface area contributed by atoms with Crippen LogP contribution >= 0.6 is 11.8 Å². The van der Waals surface area contributed by atoms with E-state index in [0.29, 0.717) is 11.1 Å². The van der Waals surface area contributed by atoms with Crippen LogP contribution in [0.25, 0.3) is 11.0 Å². The molecule has 134 valence electrons. The van der Waals surface area contributed by atoms with Crippen LogP contribution < -0.4 is 5.32 Å². The number of anilines is 1. The summed E-state index contributed by atoms with van der Waals surface area (Å²) in [6.45, 7) is 3.85. The number of nitrogens with one attached hydrogen (secondary N) is 2. The number of aromatic nitrogens is 4. The summed E-state index contributed by atoms with van der Waals surface area (Å²) in [5.41, 5.74) is 4.51. The second-order valence-corrected chi connectivity index (χ2v) is 7.69. The molecule has 1 aromatic carbocycles. The van der Waals surface area contributed by atoms with Gasteiger partial charge in [0.05, 0.1) is 16.8 Å². The quantitative estimate of drug-likeness (QED) is 0.527. The first-order valence-electron chi connectivity index (χ1n) is 8.81. The first-order valence-corrected chi connectivity index (χ1v) is 9.80. The van der Waals surface area contributed by atoms with Gasteiger partial charge in [-0.25, -0.2) is 15.0 Å². The SMILES string of the molecule is Cc1cc(C)nc(SCC(=O)Nc2ccc3nc(C4CCC4)[nH]c3c2)n1. The number of nitrogens with zero attached hydrogens (tertiary/aromatic N) is 3. The van der Waals surface area contributed by atoms with Gasteiger partial charge in [0, 0.05) is 23.0 Å². The molecular formula is C19H21N5OS. The number of thioether (sulfide) groups is 1. The average Bonchev–Trinajstić information content (AvgIpc) is 2.92. The summed E-state index contributed by atoms with van der Waals surface area (Å²) in [6, 6.07) is 7.70. The van der Waals surface area contributed by atoms with Crippen LogP contribution in [-0.4, -0.2) is 31.6 Å². The highest BCUT2D eigenvalue weighted by molar-refractivity contribution is 7.99. The van der Waals surface area contributed by atoms with Gasteiger partial charge in [-0.15, -0.1) is 0 Å². The number of amides is 1. The fourth-order valence-electron chi connectivity index (χ4n) is 3.07. The first kappa shape index (κ1) is 17.0. The molecule has 0 spiro atoms. The average molecular weight is 367 g/mol. The number of carbonyl (C=O) groups excluding carboxylic acids is 1. The lowest BCUT2D eigenvalue weighted by Crippen LogP contribution is -2.14. The molecule has 2 heterocycles. The van der Waals surface area contributed by atoms with Crippen LogP contribution in [0.4, 0.5) is 5.69 Å². The molecule has 1 amide bonds. The van der Waals surface area contributed by atoms with Crippen molar-refractivity contribution in [3.63, 3.8) is 0 Å². The van der Waals surface area contributed by atoms with Crippen LogP contribution in [0.1, 0.15) is 42.4 Å². The molecule has 7 heteroatoms. The number of rotatable bonds is 5. The van der Waals surface area contributed by atoms with E-state index in [9.17, 15) is 4.79 Å². The Morgan fingerprint density at radius 2 is 1.96 bits per heavy atom. The lowest BCUT2D eigenvalue weighted by Gasteiger charge is -2.22. The predicted octanol–water partition coefficient (Wildman–Crippen LogP) is 3.97. The van der Waals surface area contributed by atoms with E-state index >= 15 is 0 Å². The molecule has 1 saturated carbocycles. The number of carbonyl (C=O) groups is 1. The standard InChI is InChI=1S/C19H21N5OS/c1-11-8-12(2)21-19(20-11)26-10-17(25)22-14-6-7-15-16(9-14)24-18(23-15)13-4-3-5-13/h6-9,13H,3-5,10H2,1-2H3,(H,22,25)(H,23,24). The van der Waals surface area contributed by atoms with E-state index in [-0.39, 0.29) is 11.7 Å². The van der Waals surface area contributed by atoms with Crippen LogP contribution in [-0.2, 0) is 4.79 Å². The first-order chi connectivity index (χ1) is 12.6. The molecule has 0 bridgehead atoms. The Labute approximate surface area is 156 Å². The highest BCUT2D eigenvalue weighted by Gasteiger charge is 2.22. The van der Waals surface area contributed by atoms with Crippen molar-refractivity contribution >= 4 is 34.4 Å². The summed E-state index contributed by atoms with van der Waals surface area (Å²) in [5.74, 6) is 1.83. The van der Waals surface area contributed by atoms with Gasteiger partial charge in [-0.2, -0.15) is 0 Å². The number of benzene rings is 1. The number of aryl methyl sites for hydroxylation is 2. The Morgan fingerprint density at radius 1 is 1.19 bits per heavy atom. The van der Waals surface area contributed by atoms with Crippen molar-refractivity contribution in [2.45, 2.75) is 44.2 Å². The van der Waals surface area contributed by atoms with Crippen LogP contribution in [0.2, 0.25) is 0 Å². The smallest absolute Gasteiger partial charge is 0.234 e. The van der Waals surface area contributed by atoms with E-state index in [1.165, 1.54) is 31.0 Å². The van der Waals surface area contributed by atoms with Gasteiger partial charge in [-0.05, 0) is 51.0 Å². The number of hydrogen-bond acceptors (Lipinski definition) is 5. The number of H-pyrrole nitrogens is 1. The molecule has 0 radical (unpaired) electrons. The van der Waals surface area contributed by atoms with Crippen LogP contribution in [0.15, 0.2) is 29.4 Å². The van der Waals surface area contributed by atoms with Gasteiger partial charge in [0.2, 0.25) is 5.91 Å². The topological polar surface area (TPSA) is 83.6 Å². The molecule has 2 aromatic heterocycles. The van der Waals surface area contributed by atoms with Gasteiger partial charge < -0.3 is 10.3 Å². The molecular weight excluding hydrogens is 346 g/mol. The molecule has 1 fully saturated rings. The summed E-state index contributed by atoms with van der Waals surface area (Å²) < 4.78 is 0. The Kier molecular flexibility index (Phi) is 4.63. The molecule has 1 aliphatic carbocycles. The fraction of sp³-hybridized carbons (Fsp3) is 0.368. The molecule has 1 aliphatic rings. The van der Waals surface area contributed by atoms with Crippen LogP contribution in [0.5, 0.6) is 0 Å². The molecule has 0 unspecified atom stereocenters. The van der Waals surface area contributed by atoms with Gasteiger partial charge in [-0.3, -0.25) is 4.79 Å².